The summed E-state index contributed by atoms with van der Waals surface area (Å²) in [6, 6.07) is 4.94. The fourth-order valence-corrected chi connectivity index (χ4v) is 2.62. The lowest BCUT2D eigenvalue weighted by molar-refractivity contribution is -0.130. The SMILES string of the molecule is CC(N)C(C)C(=O)NC1CCCN(c2ccc(OC(F)F)cc2)C1=O.Cl. The summed E-state index contributed by atoms with van der Waals surface area (Å²) in [5, 5.41) is 2.75. The Bertz CT molecular complexity index is 614. The smallest absolute Gasteiger partial charge is 0.387 e. The van der Waals surface area contributed by atoms with Crippen LogP contribution < -0.4 is 20.7 Å². The first-order valence-corrected chi connectivity index (χ1v) is 8.21. The van der Waals surface area contributed by atoms with Gasteiger partial charge < -0.3 is 20.7 Å². The molecular formula is C17H24ClF2N3O3. The third kappa shape index (κ3) is 5.54. The molecule has 1 aliphatic heterocycles. The van der Waals surface area contributed by atoms with Crippen LogP contribution in [0.15, 0.2) is 24.3 Å². The molecule has 2 rings (SSSR count). The van der Waals surface area contributed by atoms with Crippen LogP contribution in [0, 0.1) is 5.92 Å². The second kappa shape index (κ2) is 9.68. The normalized spacial score (nSPS) is 19.5. The van der Waals surface area contributed by atoms with Gasteiger partial charge in [0, 0.05) is 24.2 Å². The summed E-state index contributed by atoms with van der Waals surface area (Å²) >= 11 is 0. The summed E-state index contributed by atoms with van der Waals surface area (Å²) < 4.78 is 28.7. The Labute approximate surface area is 157 Å². The molecule has 1 saturated heterocycles. The van der Waals surface area contributed by atoms with Crippen molar-refractivity contribution in [1.82, 2.24) is 5.32 Å². The minimum absolute atomic E-state index is 0. The molecule has 0 aromatic heterocycles. The highest BCUT2D eigenvalue weighted by Gasteiger charge is 2.32. The molecule has 6 nitrogen and oxygen atoms in total. The first-order valence-electron chi connectivity index (χ1n) is 8.21. The fraction of sp³-hybridized carbons (Fsp3) is 0.529. The van der Waals surface area contributed by atoms with E-state index < -0.39 is 18.6 Å². The minimum atomic E-state index is -2.89. The quantitative estimate of drug-likeness (QED) is 0.779. The Balaban J connectivity index is 0.00000338. The number of nitrogens with one attached hydrogen (secondary N) is 1. The van der Waals surface area contributed by atoms with Gasteiger partial charge in [0.1, 0.15) is 11.8 Å². The van der Waals surface area contributed by atoms with Crippen molar-refractivity contribution in [3.63, 3.8) is 0 Å². The molecule has 146 valence electrons. The summed E-state index contributed by atoms with van der Waals surface area (Å²) in [5.41, 5.74) is 6.30. The standard InChI is InChI=1S/C17H23F2N3O3.ClH/c1-10(11(2)20)15(23)21-14-4-3-9-22(16(14)24)12-5-7-13(8-6-12)25-17(18)19;/h5-8,10-11,14,17H,3-4,9,20H2,1-2H3,(H,21,23);1H. The molecule has 0 spiro atoms. The number of alkyl halides is 2. The average molecular weight is 392 g/mol. The number of ether oxygens (including phenoxy) is 1. The molecule has 0 saturated carbocycles. The summed E-state index contributed by atoms with van der Waals surface area (Å²) in [6.07, 6.45) is 1.28. The van der Waals surface area contributed by atoms with Gasteiger partial charge in [0.15, 0.2) is 0 Å². The van der Waals surface area contributed by atoms with Gasteiger partial charge in [0.25, 0.3) is 0 Å². The molecule has 26 heavy (non-hydrogen) atoms. The van der Waals surface area contributed by atoms with E-state index in [-0.39, 0.29) is 36.0 Å². The number of anilines is 1. The van der Waals surface area contributed by atoms with Crippen molar-refractivity contribution in [3.8, 4) is 5.75 Å². The molecule has 1 fully saturated rings. The van der Waals surface area contributed by atoms with Crippen molar-refractivity contribution in [2.24, 2.45) is 11.7 Å². The highest BCUT2D eigenvalue weighted by Crippen LogP contribution is 2.24. The highest BCUT2D eigenvalue weighted by atomic mass is 35.5. The lowest BCUT2D eigenvalue weighted by Gasteiger charge is -2.33. The predicted molar refractivity (Wildman–Crippen MR) is 96.7 cm³/mol. The van der Waals surface area contributed by atoms with Crippen LogP contribution in [-0.2, 0) is 9.59 Å². The van der Waals surface area contributed by atoms with Crippen LogP contribution >= 0.6 is 12.4 Å². The van der Waals surface area contributed by atoms with Crippen LogP contribution in [-0.4, -0.2) is 37.1 Å². The molecule has 0 radical (unpaired) electrons. The van der Waals surface area contributed by atoms with Gasteiger partial charge in [0.05, 0.1) is 0 Å². The van der Waals surface area contributed by atoms with Crippen LogP contribution in [0.3, 0.4) is 0 Å². The average Bonchev–Trinajstić information content (AvgIpc) is 2.56. The number of benzene rings is 1. The zero-order chi connectivity index (χ0) is 18.6. The van der Waals surface area contributed by atoms with E-state index in [4.69, 9.17) is 5.73 Å². The van der Waals surface area contributed by atoms with E-state index in [1.165, 1.54) is 17.0 Å². The number of carbonyl (C=O) groups is 2. The van der Waals surface area contributed by atoms with Crippen molar-refractivity contribution in [2.45, 2.75) is 45.4 Å². The van der Waals surface area contributed by atoms with Gasteiger partial charge in [0.2, 0.25) is 11.8 Å². The lowest BCUT2D eigenvalue weighted by Crippen LogP contribution is -2.54. The Kier molecular flexibility index (Phi) is 8.23. The zero-order valence-electron chi connectivity index (χ0n) is 14.7. The second-order valence-electron chi connectivity index (χ2n) is 6.21. The summed E-state index contributed by atoms with van der Waals surface area (Å²) in [6.45, 7) is 1.06. The van der Waals surface area contributed by atoms with E-state index in [9.17, 15) is 18.4 Å². The number of halogens is 3. The number of amides is 2. The summed E-state index contributed by atoms with van der Waals surface area (Å²) in [5.74, 6) is -0.845. The molecule has 2 amide bonds. The third-order valence-electron chi connectivity index (χ3n) is 4.33. The van der Waals surface area contributed by atoms with Gasteiger partial charge >= 0.3 is 6.61 Å². The fourth-order valence-electron chi connectivity index (χ4n) is 2.62. The van der Waals surface area contributed by atoms with Crippen molar-refractivity contribution < 1.29 is 23.1 Å². The molecular weight excluding hydrogens is 368 g/mol. The van der Waals surface area contributed by atoms with Crippen LogP contribution in [0.2, 0.25) is 0 Å². The van der Waals surface area contributed by atoms with Crippen LogP contribution in [0.1, 0.15) is 26.7 Å². The van der Waals surface area contributed by atoms with Gasteiger partial charge in [-0.25, -0.2) is 0 Å². The molecule has 1 aromatic carbocycles. The molecule has 9 heteroatoms. The van der Waals surface area contributed by atoms with Crippen molar-refractivity contribution >= 4 is 29.9 Å². The second-order valence-corrected chi connectivity index (χ2v) is 6.21. The molecule has 3 atom stereocenters. The Morgan fingerprint density at radius 1 is 1.31 bits per heavy atom. The maximum atomic E-state index is 12.6. The van der Waals surface area contributed by atoms with Gasteiger partial charge in [-0.3, -0.25) is 9.59 Å². The third-order valence-corrected chi connectivity index (χ3v) is 4.33. The maximum absolute atomic E-state index is 12.6. The van der Waals surface area contributed by atoms with Crippen molar-refractivity contribution in [2.75, 3.05) is 11.4 Å². The molecule has 1 aromatic rings. The number of hydrogen-bond acceptors (Lipinski definition) is 4. The Morgan fingerprint density at radius 3 is 2.46 bits per heavy atom. The number of nitrogens with two attached hydrogens (primary N) is 1. The van der Waals surface area contributed by atoms with E-state index in [0.717, 1.165) is 6.42 Å². The molecule has 0 aliphatic carbocycles. The molecule has 1 heterocycles. The Hall–Kier alpha value is -1.93. The number of hydrogen-bond donors (Lipinski definition) is 2. The predicted octanol–water partition coefficient (Wildman–Crippen LogP) is 2.30. The van der Waals surface area contributed by atoms with Crippen molar-refractivity contribution in [1.29, 1.82) is 0 Å². The first-order chi connectivity index (χ1) is 11.8. The van der Waals surface area contributed by atoms with E-state index in [2.05, 4.69) is 10.1 Å². The number of nitrogens with zero attached hydrogens (tertiary/aromatic N) is 1. The van der Waals surface area contributed by atoms with Crippen LogP contribution in [0.4, 0.5) is 14.5 Å². The summed E-state index contributed by atoms with van der Waals surface area (Å²) in [7, 11) is 0. The van der Waals surface area contributed by atoms with Gasteiger partial charge in [-0.15, -0.1) is 12.4 Å². The minimum Gasteiger partial charge on any atom is -0.435 e. The largest absolute Gasteiger partial charge is 0.435 e. The van der Waals surface area contributed by atoms with Gasteiger partial charge in [-0.2, -0.15) is 8.78 Å². The molecule has 1 aliphatic rings. The topological polar surface area (TPSA) is 84.7 Å². The van der Waals surface area contributed by atoms with E-state index >= 15 is 0 Å². The first kappa shape index (κ1) is 22.1. The lowest BCUT2D eigenvalue weighted by atomic mass is 10.00. The zero-order valence-corrected chi connectivity index (χ0v) is 15.5. The van der Waals surface area contributed by atoms with E-state index in [0.29, 0.717) is 18.7 Å². The highest BCUT2D eigenvalue weighted by molar-refractivity contribution is 6.00. The molecule has 0 bridgehead atoms. The van der Waals surface area contributed by atoms with E-state index in [1.807, 2.05) is 0 Å². The van der Waals surface area contributed by atoms with Crippen LogP contribution in [0.25, 0.3) is 0 Å². The van der Waals surface area contributed by atoms with E-state index in [1.54, 1.807) is 26.0 Å². The Morgan fingerprint density at radius 2 is 1.92 bits per heavy atom. The van der Waals surface area contributed by atoms with Crippen LogP contribution in [0.5, 0.6) is 5.75 Å². The maximum Gasteiger partial charge on any atom is 0.387 e. The monoisotopic (exact) mass is 391 g/mol. The molecule has 3 N–H and O–H groups in total. The summed E-state index contributed by atoms with van der Waals surface area (Å²) in [4.78, 5) is 26.3. The number of carbonyl (C=O) groups excluding carboxylic acids is 2. The van der Waals surface area contributed by atoms with Gasteiger partial charge in [-0.1, -0.05) is 6.92 Å². The molecule has 3 unspecified atom stereocenters. The van der Waals surface area contributed by atoms with Crippen molar-refractivity contribution in [3.05, 3.63) is 24.3 Å². The number of piperidine rings is 1. The van der Waals surface area contributed by atoms with Gasteiger partial charge in [-0.05, 0) is 44.0 Å². The number of rotatable bonds is 6.